The van der Waals surface area contributed by atoms with Gasteiger partial charge in [-0.3, -0.25) is 4.90 Å². The van der Waals surface area contributed by atoms with E-state index in [1.54, 1.807) is 6.26 Å². The van der Waals surface area contributed by atoms with E-state index in [-0.39, 0.29) is 24.0 Å². The molecule has 1 aromatic heterocycles. The quantitative estimate of drug-likeness (QED) is 0.297. The van der Waals surface area contributed by atoms with Crippen molar-refractivity contribution in [2.24, 2.45) is 4.99 Å². The van der Waals surface area contributed by atoms with Gasteiger partial charge in [0.25, 0.3) is 0 Å². The molecule has 0 unspecified atom stereocenters. The molecule has 1 fully saturated rings. The maximum atomic E-state index is 5.98. The van der Waals surface area contributed by atoms with Gasteiger partial charge in [-0.15, -0.1) is 24.0 Å². The van der Waals surface area contributed by atoms with Gasteiger partial charge in [0.05, 0.1) is 12.2 Å². The van der Waals surface area contributed by atoms with Crippen LogP contribution in [0.5, 0.6) is 5.75 Å². The number of likely N-dealkylation sites (N-methyl/N-ethyl adjacent to an activating group) is 1. The van der Waals surface area contributed by atoms with Crippen LogP contribution in [0.2, 0.25) is 0 Å². The monoisotopic (exact) mass is 542 g/mol. The third kappa shape index (κ3) is 8.30. The number of nitrogens with zero attached hydrogens (tertiary/aromatic N) is 5. The highest BCUT2D eigenvalue weighted by Gasteiger charge is 2.20. The van der Waals surface area contributed by atoms with Gasteiger partial charge in [-0.25, -0.2) is 4.99 Å². The van der Waals surface area contributed by atoms with Gasteiger partial charge < -0.3 is 24.4 Å². The zero-order valence-corrected chi connectivity index (χ0v) is 21.1. The van der Waals surface area contributed by atoms with Gasteiger partial charge in [0.15, 0.2) is 5.96 Å². The smallest absolute Gasteiger partial charge is 0.194 e. The predicted molar refractivity (Wildman–Crippen MR) is 134 cm³/mol. The lowest BCUT2D eigenvalue weighted by Gasteiger charge is -2.36. The molecule has 9 heteroatoms. The first-order chi connectivity index (χ1) is 14.7. The summed E-state index contributed by atoms with van der Waals surface area (Å²) in [7, 11) is 4.10. The van der Waals surface area contributed by atoms with Crippen molar-refractivity contribution < 1.29 is 9.26 Å². The van der Waals surface area contributed by atoms with Crippen LogP contribution in [-0.4, -0.2) is 85.8 Å². The van der Waals surface area contributed by atoms with E-state index in [0.29, 0.717) is 13.2 Å². The molecule has 1 aromatic carbocycles. The van der Waals surface area contributed by atoms with E-state index < -0.39 is 0 Å². The largest absolute Gasteiger partial charge is 0.492 e. The third-order valence-electron chi connectivity index (χ3n) is 5.05. The number of aromatic nitrogens is 1. The Morgan fingerprint density at radius 3 is 2.65 bits per heavy atom. The molecule has 0 radical (unpaired) electrons. The first-order valence-electron chi connectivity index (χ1n) is 10.7. The molecule has 172 valence electrons. The van der Waals surface area contributed by atoms with Crippen molar-refractivity contribution in [1.82, 2.24) is 25.2 Å². The van der Waals surface area contributed by atoms with E-state index in [1.807, 2.05) is 38.4 Å². The lowest BCUT2D eigenvalue weighted by molar-refractivity contribution is 0.169. The Hall–Kier alpha value is -1.85. The molecule has 1 aliphatic heterocycles. The molecule has 0 aliphatic carbocycles. The second-order valence-electron chi connectivity index (χ2n) is 7.68. The SMILES string of the molecule is CCNC(=NCc1ccccc1OCCN(C)C)N1CCN(Cc2ccon2)CC1.I. The fraction of sp³-hybridized carbons (Fsp3) is 0.545. The highest BCUT2D eigenvalue weighted by atomic mass is 127. The van der Waals surface area contributed by atoms with Gasteiger partial charge in [0.1, 0.15) is 18.6 Å². The van der Waals surface area contributed by atoms with Crippen LogP contribution in [0.1, 0.15) is 18.2 Å². The molecule has 3 rings (SSSR count). The second-order valence-corrected chi connectivity index (χ2v) is 7.68. The highest BCUT2D eigenvalue weighted by molar-refractivity contribution is 14.0. The number of aliphatic imine (C=N–C) groups is 1. The molecule has 2 heterocycles. The van der Waals surface area contributed by atoms with Gasteiger partial charge in [-0.2, -0.15) is 0 Å². The molecule has 1 N–H and O–H groups in total. The maximum absolute atomic E-state index is 5.98. The van der Waals surface area contributed by atoms with Gasteiger partial charge in [0.2, 0.25) is 0 Å². The lowest BCUT2D eigenvalue weighted by Crippen LogP contribution is -2.52. The van der Waals surface area contributed by atoms with Gasteiger partial charge >= 0.3 is 0 Å². The lowest BCUT2D eigenvalue weighted by atomic mass is 10.2. The van der Waals surface area contributed by atoms with Crippen LogP contribution >= 0.6 is 24.0 Å². The molecule has 1 aliphatic rings. The molecule has 0 saturated carbocycles. The molecule has 0 atom stereocenters. The fourth-order valence-electron chi connectivity index (χ4n) is 3.37. The zero-order chi connectivity index (χ0) is 21.2. The Morgan fingerprint density at radius 2 is 1.97 bits per heavy atom. The number of benzene rings is 1. The molecule has 1 saturated heterocycles. The predicted octanol–water partition coefficient (Wildman–Crippen LogP) is 2.52. The summed E-state index contributed by atoms with van der Waals surface area (Å²) >= 11 is 0. The van der Waals surface area contributed by atoms with Gasteiger partial charge in [-0.1, -0.05) is 23.4 Å². The minimum Gasteiger partial charge on any atom is -0.492 e. The van der Waals surface area contributed by atoms with Crippen LogP contribution in [0.3, 0.4) is 0 Å². The van der Waals surface area contributed by atoms with E-state index in [4.69, 9.17) is 14.3 Å². The van der Waals surface area contributed by atoms with Gasteiger partial charge in [-0.05, 0) is 27.1 Å². The summed E-state index contributed by atoms with van der Waals surface area (Å²) in [5, 5.41) is 7.46. The average molecular weight is 542 g/mol. The van der Waals surface area contributed by atoms with Crippen molar-refractivity contribution in [3.63, 3.8) is 0 Å². The number of guanidine groups is 1. The van der Waals surface area contributed by atoms with E-state index >= 15 is 0 Å². The van der Waals surface area contributed by atoms with Crippen LogP contribution in [0.25, 0.3) is 0 Å². The minimum atomic E-state index is 0. The molecule has 2 aromatic rings. The van der Waals surface area contributed by atoms with E-state index in [0.717, 1.165) is 68.8 Å². The van der Waals surface area contributed by atoms with Gasteiger partial charge in [0, 0.05) is 57.4 Å². The van der Waals surface area contributed by atoms with Crippen molar-refractivity contribution in [2.75, 3.05) is 60.0 Å². The maximum Gasteiger partial charge on any atom is 0.194 e. The molecule has 0 amide bonds. The van der Waals surface area contributed by atoms with Crippen LogP contribution in [0.4, 0.5) is 0 Å². The van der Waals surface area contributed by atoms with Crippen molar-refractivity contribution in [3.05, 3.63) is 47.9 Å². The Bertz CT molecular complexity index is 776. The van der Waals surface area contributed by atoms with Crippen molar-refractivity contribution in [2.45, 2.75) is 20.0 Å². The summed E-state index contributed by atoms with van der Waals surface area (Å²) in [6.07, 6.45) is 1.63. The number of para-hydroxylation sites is 1. The number of rotatable bonds is 9. The number of ether oxygens (including phenoxy) is 1. The van der Waals surface area contributed by atoms with Crippen molar-refractivity contribution in [1.29, 1.82) is 0 Å². The van der Waals surface area contributed by atoms with E-state index in [1.165, 1.54) is 0 Å². The van der Waals surface area contributed by atoms with Crippen molar-refractivity contribution in [3.8, 4) is 5.75 Å². The highest BCUT2D eigenvalue weighted by Crippen LogP contribution is 2.19. The molecule has 0 bridgehead atoms. The van der Waals surface area contributed by atoms with Crippen molar-refractivity contribution >= 4 is 29.9 Å². The van der Waals surface area contributed by atoms with E-state index in [2.05, 4.69) is 38.2 Å². The third-order valence-corrected chi connectivity index (χ3v) is 5.05. The summed E-state index contributed by atoms with van der Waals surface area (Å²) in [5.41, 5.74) is 2.09. The zero-order valence-electron chi connectivity index (χ0n) is 18.8. The Labute approximate surface area is 202 Å². The summed E-state index contributed by atoms with van der Waals surface area (Å²) in [6.45, 7) is 9.75. The van der Waals surface area contributed by atoms with Crippen LogP contribution in [0.15, 0.2) is 46.1 Å². The van der Waals surface area contributed by atoms with Crippen LogP contribution in [0, 0.1) is 0 Å². The molecule has 31 heavy (non-hydrogen) atoms. The Kier molecular flexibility index (Phi) is 11.1. The standard InChI is InChI=1S/C22H34N6O2.HI/c1-4-23-22(28-12-10-27(11-13-28)18-20-9-15-30-25-20)24-17-19-7-5-6-8-21(19)29-16-14-26(2)3;/h5-9,15H,4,10-14,16-18H2,1-3H3,(H,23,24);1H. The number of hydrogen-bond donors (Lipinski definition) is 1. The molecule has 8 nitrogen and oxygen atoms in total. The molecular weight excluding hydrogens is 507 g/mol. The molecule has 0 spiro atoms. The van der Waals surface area contributed by atoms with E-state index in [9.17, 15) is 0 Å². The topological polar surface area (TPSA) is 69.4 Å². The average Bonchev–Trinajstić information content (AvgIpc) is 3.25. The summed E-state index contributed by atoms with van der Waals surface area (Å²) < 4.78 is 10.9. The summed E-state index contributed by atoms with van der Waals surface area (Å²) in [4.78, 5) is 11.8. The first kappa shape index (κ1) is 25.4. The fourth-order valence-corrected chi connectivity index (χ4v) is 3.37. The minimum absolute atomic E-state index is 0. The van der Waals surface area contributed by atoms with Crippen LogP contribution in [-0.2, 0) is 13.1 Å². The Morgan fingerprint density at radius 1 is 1.19 bits per heavy atom. The number of nitrogens with one attached hydrogen (secondary N) is 1. The molecular formula is C22H35IN6O2. The first-order valence-corrected chi connectivity index (χ1v) is 10.7. The summed E-state index contributed by atoms with van der Waals surface area (Å²) in [6, 6.07) is 10.1. The van der Waals surface area contributed by atoms with Crippen LogP contribution < -0.4 is 10.1 Å². The number of halogens is 1. The number of hydrogen-bond acceptors (Lipinski definition) is 6. The normalized spacial score (nSPS) is 15.1. The Balaban J connectivity index is 0.00000341. The second kappa shape index (κ2) is 13.5. The number of piperazine rings is 1. The summed E-state index contributed by atoms with van der Waals surface area (Å²) in [5.74, 6) is 1.87.